The van der Waals surface area contributed by atoms with Gasteiger partial charge in [-0.1, -0.05) is 32.9 Å². The van der Waals surface area contributed by atoms with Gasteiger partial charge < -0.3 is 19.9 Å². The van der Waals surface area contributed by atoms with Crippen LogP contribution in [0.15, 0.2) is 22.2 Å². The van der Waals surface area contributed by atoms with Gasteiger partial charge in [0.25, 0.3) is 0 Å². The molecule has 0 atom stereocenters. The number of rotatable bonds is 6. The summed E-state index contributed by atoms with van der Waals surface area (Å²) in [6, 6.07) is 1.50. The van der Waals surface area contributed by atoms with Crippen molar-refractivity contribution in [1.29, 1.82) is 0 Å². The molecule has 0 aliphatic carbocycles. The first-order chi connectivity index (χ1) is 13.0. The SMILES string of the molecule is CC.CC.COC(=O)c1scc(C)c1NC(=O)CCC(=O)Nc1ccon1. The quantitative estimate of drug-likeness (QED) is 0.705. The minimum absolute atomic E-state index is 0.0184. The molecule has 150 valence electrons. The largest absolute Gasteiger partial charge is 0.465 e. The first kappa shape index (κ1) is 24.3. The van der Waals surface area contributed by atoms with Gasteiger partial charge in [0.15, 0.2) is 5.82 Å². The van der Waals surface area contributed by atoms with Crippen LogP contribution in [0.5, 0.6) is 0 Å². The highest BCUT2D eigenvalue weighted by molar-refractivity contribution is 7.12. The molecule has 2 amide bonds. The number of nitrogens with zero attached hydrogens (tertiary/aromatic N) is 1. The molecule has 27 heavy (non-hydrogen) atoms. The number of nitrogens with one attached hydrogen (secondary N) is 2. The van der Waals surface area contributed by atoms with Crippen LogP contribution >= 0.6 is 11.3 Å². The number of carbonyl (C=O) groups is 3. The summed E-state index contributed by atoms with van der Waals surface area (Å²) < 4.78 is 9.25. The van der Waals surface area contributed by atoms with Gasteiger partial charge >= 0.3 is 5.97 Å². The van der Waals surface area contributed by atoms with Crippen molar-refractivity contribution in [3.05, 3.63) is 28.2 Å². The topological polar surface area (TPSA) is 111 Å². The van der Waals surface area contributed by atoms with E-state index < -0.39 is 5.97 Å². The molecule has 0 saturated heterocycles. The Labute approximate surface area is 163 Å². The van der Waals surface area contributed by atoms with Crippen LogP contribution < -0.4 is 10.6 Å². The lowest BCUT2D eigenvalue weighted by molar-refractivity contribution is -0.121. The number of hydrogen-bond acceptors (Lipinski definition) is 7. The van der Waals surface area contributed by atoms with Crippen LogP contribution in [0.1, 0.15) is 55.8 Å². The van der Waals surface area contributed by atoms with E-state index in [4.69, 9.17) is 0 Å². The Balaban J connectivity index is 0.00000158. The summed E-state index contributed by atoms with van der Waals surface area (Å²) in [6.07, 6.45) is 1.28. The van der Waals surface area contributed by atoms with E-state index in [-0.39, 0.29) is 30.5 Å². The maximum absolute atomic E-state index is 12.0. The standard InChI is InChI=1S/C14H15N3O5S.2C2H6/c1-8-7-23-13(14(20)21-2)12(8)16-11(19)4-3-10(18)15-9-5-6-22-17-9;2*1-2/h5-7H,3-4H2,1-2H3,(H,16,19)(H,15,17,18);2*1-2H3. The van der Waals surface area contributed by atoms with Crippen LogP contribution in [-0.2, 0) is 14.3 Å². The van der Waals surface area contributed by atoms with Gasteiger partial charge in [-0.05, 0) is 17.9 Å². The number of thiophene rings is 1. The van der Waals surface area contributed by atoms with E-state index >= 15 is 0 Å². The Kier molecular flexibility index (Phi) is 12.2. The fourth-order valence-corrected chi connectivity index (χ4v) is 2.68. The summed E-state index contributed by atoms with van der Waals surface area (Å²) in [4.78, 5) is 35.6. The highest BCUT2D eigenvalue weighted by Gasteiger charge is 2.19. The summed E-state index contributed by atoms with van der Waals surface area (Å²) in [6.45, 7) is 9.77. The molecule has 2 N–H and O–H groups in total. The normalized spacial score (nSPS) is 9.11. The van der Waals surface area contributed by atoms with Crippen molar-refractivity contribution in [2.45, 2.75) is 47.5 Å². The highest BCUT2D eigenvalue weighted by Crippen LogP contribution is 2.28. The Morgan fingerprint density at radius 3 is 2.22 bits per heavy atom. The fourth-order valence-electron chi connectivity index (χ4n) is 1.75. The number of anilines is 2. The van der Waals surface area contributed by atoms with Crippen molar-refractivity contribution in [2.75, 3.05) is 17.7 Å². The van der Waals surface area contributed by atoms with Gasteiger partial charge in [-0.3, -0.25) is 9.59 Å². The third kappa shape index (κ3) is 8.04. The second kappa shape index (κ2) is 13.5. The zero-order valence-corrected chi connectivity index (χ0v) is 17.4. The summed E-state index contributed by atoms with van der Waals surface area (Å²) in [5.41, 5.74) is 1.18. The summed E-state index contributed by atoms with van der Waals surface area (Å²) in [7, 11) is 1.28. The van der Waals surface area contributed by atoms with E-state index in [2.05, 4.69) is 25.1 Å². The average Bonchev–Trinajstić information content (AvgIpc) is 3.33. The van der Waals surface area contributed by atoms with Crippen molar-refractivity contribution >= 4 is 40.6 Å². The number of aryl methyl sites for hydroxylation is 1. The number of amides is 2. The lowest BCUT2D eigenvalue weighted by atomic mass is 10.2. The van der Waals surface area contributed by atoms with Crippen molar-refractivity contribution < 1.29 is 23.6 Å². The molecule has 0 unspecified atom stereocenters. The minimum Gasteiger partial charge on any atom is -0.465 e. The van der Waals surface area contributed by atoms with Crippen molar-refractivity contribution in [3.63, 3.8) is 0 Å². The Bertz CT molecular complexity index is 711. The molecule has 2 aromatic heterocycles. The number of esters is 1. The number of aromatic nitrogens is 1. The van der Waals surface area contributed by atoms with E-state index in [0.717, 1.165) is 5.56 Å². The Morgan fingerprint density at radius 1 is 1.11 bits per heavy atom. The number of methoxy groups -OCH3 is 1. The number of carbonyl (C=O) groups excluding carboxylic acids is 3. The Morgan fingerprint density at radius 2 is 1.70 bits per heavy atom. The van der Waals surface area contributed by atoms with E-state index in [1.807, 2.05) is 27.7 Å². The predicted molar refractivity (Wildman–Crippen MR) is 106 cm³/mol. The average molecular weight is 397 g/mol. The summed E-state index contributed by atoms with van der Waals surface area (Å²) >= 11 is 1.19. The molecule has 0 saturated carbocycles. The van der Waals surface area contributed by atoms with Crippen molar-refractivity contribution in [2.24, 2.45) is 0 Å². The van der Waals surface area contributed by atoms with E-state index in [9.17, 15) is 14.4 Å². The number of ether oxygens (including phenoxy) is 1. The van der Waals surface area contributed by atoms with Gasteiger partial charge in [0, 0.05) is 18.9 Å². The van der Waals surface area contributed by atoms with E-state index in [1.54, 1.807) is 12.3 Å². The maximum Gasteiger partial charge on any atom is 0.350 e. The van der Waals surface area contributed by atoms with Gasteiger partial charge in [-0.25, -0.2) is 4.79 Å². The zero-order chi connectivity index (χ0) is 20.8. The van der Waals surface area contributed by atoms with Crippen LogP contribution in [0.4, 0.5) is 11.5 Å². The second-order valence-electron chi connectivity index (χ2n) is 4.60. The van der Waals surface area contributed by atoms with E-state index in [0.29, 0.717) is 10.6 Å². The summed E-state index contributed by atoms with van der Waals surface area (Å²) in [5, 5.41) is 10.4. The molecule has 0 aliphatic heterocycles. The molecule has 8 nitrogen and oxygen atoms in total. The lowest BCUT2D eigenvalue weighted by Crippen LogP contribution is -2.18. The van der Waals surface area contributed by atoms with Crippen LogP contribution in [-0.4, -0.2) is 30.1 Å². The van der Waals surface area contributed by atoms with Crippen LogP contribution in [0.2, 0.25) is 0 Å². The molecule has 2 rings (SSSR count). The lowest BCUT2D eigenvalue weighted by Gasteiger charge is -2.07. The second-order valence-corrected chi connectivity index (χ2v) is 5.48. The molecular formula is C18H27N3O5S. The monoisotopic (exact) mass is 397 g/mol. The molecule has 2 heterocycles. The summed E-state index contributed by atoms with van der Waals surface area (Å²) in [5.74, 6) is -0.949. The predicted octanol–water partition coefficient (Wildman–Crippen LogP) is 4.24. The maximum atomic E-state index is 12.0. The molecular weight excluding hydrogens is 370 g/mol. The molecule has 0 aliphatic rings. The van der Waals surface area contributed by atoms with Gasteiger partial charge in [-0.2, -0.15) is 0 Å². The zero-order valence-electron chi connectivity index (χ0n) is 16.5. The Hall–Kier alpha value is -2.68. The third-order valence-corrected chi connectivity index (χ3v) is 3.97. The first-order valence-electron chi connectivity index (χ1n) is 8.67. The first-order valence-corrected chi connectivity index (χ1v) is 9.55. The fraction of sp³-hybridized carbons (Fsp3) is 0.444. The van der Waals surface area contributed by atoms with E-state index in [1.165, 1.54) is 30.8 Å². The molecule has 9 heteroatoms. The van der Waals surface area contributed by atoms with Crippen LogP contribution in [0.25, 0.3) is 0 Å². The van der Waals surface area contributed by atoms with Crippen LogP contribution in [0, 0.1) is 6.92 Å². The van der Waals surface area contributed by atoms with Gasteiger partial charge in [0.05, 0.1) is 12.8 Å². The smallest absolute Gasteiger partial charge is 0.350 e. The molecule has 0 spiro atoms. The van der Waals surface area contributed by atoms with Gasteiger partial charge in [-0.15, -0.1) is 11.3 Å². The number of hydrogen-bond donors (Lipinski definition) is 2. The van der Waals surface area contributed by atoms with Crippen molar-refractivity contribution in [3.8, 4) is 0 Å². The van der Waals surface area contributed by atoms with Gasteiger partial charge in [0.1, 0.15) is 11.1 Å². The minimum atomic E-state index is -0.512. The van der Waals surface area contributed by atoms with Crippen LogP contribution in [0.3, 0.4) is 0 Å². The van der Waals surface area contributed by atoms with Gasteiger partial charge in [0.2, 0.25) is 11.8 Å². The molecule has 2 aromatic rings. The van der Waals surface area contributed by atoms with Crippen molar-refractivity contribution in [1.82, 2.24) is 5.16 Å². The molecule has 0 radical (unpaired) electrons. The molecule has 0 fully saturated rings. The highest BCUT2D eigenvalue weighted by atomic mass is 32.1. The molecule has 0 bridgehead atoms. The third-order valence-electron chi connectivity index (χ3n) is 2.89. The molecule has 0 aromatic carbocycles.